The van der Waals surface area contributed by atoms with Gasteiger partial charge in [-0.3, -0.25) is 4.90 Å². The summed E-state index contributed by atoms with van der Waals surface area (Å²) in [5.41, 5.74) is 0. The summed E-state index contributed by atoms with van der Waals surface area (Å²) >= 11 is 5.85. The minimum absolute atomic E-state index is 0.470. The topological polar surface area (TPSA) is 41.5 Å². The lowest BCUT2D eigenvalue weighted by Crippen LogP contribution is -2.45. The minimum atomic E-state index is 0.470. The Labute approximate surface area is 148 Å². The smallest absolute Gasteiger partial charge is 0.225 e. The van der Waals surface area contributed by atoms with Crippen molar-refractivity contribution < 1.29 is 4.74 Å². The highest BCUT2D eigenvalue weighted by Gasteiger charge is 2.23. The molecule has 3 rings (SSSR count). The average Bonchev–Trinajstić information content (AvgIpc) is 2.63. The second-order valence-corrected chi connectivity index (χ2v) is 6.48. The summed E-state index contributed by atoms with van der Waals surface area (Å²) in [5, 5.41) is 0.570. The van der Waals surface area contributed by atoms with Gasteiger partial charge in [0.15, 0.2) is 0 Å². The molecule has 5 nitrogen and oxygen atoms in total. The van der Waals surface area contributed by atoms with E-state index in [4.69, 9.17) is 16.3 Å². The van der Waals surface area contributed by atoms with Crippen LogP contribution in [0.3, 0.4) is 0 Å². The Bertz CT molecular complexity index is 615. The Morgan fingerprint density at radius 3 is 2.50 bits per heavy atom. The van der Waals surface area contributed by atoms with Crippen molar-refractivity contribution in [2.75, 3.05) is 38.2 Å². The Morgan fingerprint density at radius 2 is 1.83 bits per heavy atom. The minimum Gasteiger partial charge on any atom is -0.492 e. The quantitative estimate of drug-likeness (QED) is 0.804. The number of piperidine rings is 1. The zero-order valence-electron chi connectivity index (χ0n) is 13.9. The number of anilines is 1. The highest BCUT2D eigenvalue weighted by Crippen LogP contribution is 2.19. The van der Waals surface area contributed by atoms with Crippen molar-refractivity contribution in [2.45, 2.75) is 18.9 Å². The molecule has 0 amide bonds. The molecule has 24 heavy (non-hydrogen) atoms. The lowest BCUT2D eigenvalue weighted by Gasteiger charge is -2.36. The van der Waals surface area contributed by atoms with Crippen LogP contribution in [0.25, 0.3) is 0 Å². The molecule has 0 N–H and O–H groups in total. The van der Waals surface area contributed by atoms with Crippen molar-refractivity contribution in [3.8, 4) is 5.75 Å². The van der Waals surface area contributed by atoms with Crippen LogP contribution in [0.4, 0.5) is 5.95 Å². The molecule has 0 aliphatic carbocycles. The van der Waals surface area contributed by atoms with Crippen molar-refractivity contribution in [2.24, 2.45) is 0 Å². The molecule has 0 spiro atoms. The zero-order chi connectivity index (χ0) is 16.8. The number of para-hydroxylation sites is 1. The summed E-state index contributed by atoms with van der Waals surface area (Å²) in [4.78, 5) is 13.2. The Hall–Kier alpha value is -1.85. The van der Waals surface area contributed by atoms with Gasteiger partial charge in [-0.1, -0.05) is 29.8 Å². The van der Waals surface area contributed by atoms with E-state index in [1.165, 1.54) is 0 Å². The van der Waals surface area contributed by atoms with Gasteiger partial charge in [0, 0.05) is 32.7 Å². The SMILES string of the molecule is CN(c1ncc(Cl)cn1)C1CCN(CCOc2ccccc2)CC1. The average molecular weight is 347 g/mol. The fourth-order valence-electron chi connectivity index (χ4n) is 2.99. The number of hydrogen-bond acceptors (Lipinski definition) is 5. The standard InChI is InChI=1S/C18H23ClN4O/c1-22(18-20-13-15(19)14-21-18)16-7-9-23(10-8-16)11-12-24-17-5-3-2-4-6-17/h2-6,13-14,16H,7-12H2,1H3. The van der Waals surface area contributed by atoms with E-state index in [-0.39, 0.29) is 0 Å². The van der Waals surface area contributed by atoms with Gasteiger partial charge in [-0.2, -0.15) is 0 Å². The Balaban J connectivity index is 1.41. The van der Waals surface area contributed by atoms with Crippen LogP contribution in [0.1, 0.15) is 12.8 Å². The number of nitrogens with zero attached hydrogens (tertiary/aromatic N) is 4. The molecular weight excluding hydrogens is 324 g/mol. The first-order chi connectivity index (χ1) is 11.7. The molecular formula is C18H23ClN4O. The Kier molecular flexibility index (Phi) is 5.88. The number of rotatable bonds is 6. The van der Waals surface area contributed by atoms with E-state index in [9.17, 15) is 0 Å². The number of ether oxygens (including phenoxy) is 1. The summed E-state index contributed by atoms with van der Waals surface area (Å²) in [7, 11) is 2.06. The largest absolute Gasteiger partial charge is 0.492 e. The molecule has 2 aromatic rings. The summed E-state index contributed by atoms with van der Waals surface area (Å²) in [6.45, 7) is 3.83. The lowest BCUT2D eigenvalue weighted by atomic mass is 10.0. The molecule has 1 aliphatic rings. The van der Waals surface area contributed by atoms with Crippen LogP contribution in [0.2, 0.25) is 5.02 Å². The van der Waals surface area contributed by atoms with Gasteiger partial charge in [-0.25, -0.2) is 9.97 Å². The third-order valence-electron chi connectivity index (χ3n) is 4.45. The number of hydrogen-bond donors (Lipinski definition) is 0. The molecule has 6 heteroatoms. The first-order valence-corrected chi connectivity index (χ1v) is 8.71. The van der Waals surface area contributed by atoms with Crippen LogP contribution in [0.5, 0.6) is 5.75 Å². The summed E-state index contributed by atoms with van der Waals surface area (Å²) in [6.07, 6.45) is 5.51. The van der Waals surface area contributed by atoms with Crippen molar-refractivity contribution in [1.82, 2.24) is 14.9 Å². The molecule has 1 saturated heterocycles. The maximum Gasteiger partial charge on any atom is 0.225 e. The molecule has 2 heterocycles. The number of benzene rings is 1. The summed E-state index contributed by atoms with van der Waals surface area (Å²) in [5.74, 6) is 1.68. The van der Waals surface area contributed by atoms with E-state index in [1.807, 2.05) is 30.3 Å². The van der Waals surface area contributed by atoms with Crippen LogP contribution < -0.4 is 9.64 Å². The molecule has 0 radical (unpaired) electrons. The van der Waals surface area contributed by atoms with Gasteiger partial charge in [-0.05, 0) is 25.0 Å². The second kappa shape index (κ2) is 8.31. The monoisotopic (exact) mass is 346 g/mol. The second-order valence-electron chi connectivity index (χ2n) is 6.05. The molecule has 1 fully saturated rings. The Morgan fingerprint density at radius 1 is 1.17 bits per heavy atom. The van der Waals surface area contributed by atoms with E-state index in [0.29, 0.717) is 11.1 Å². The molecule has 0 atom stereocenters. The normalized spacial score (nSPS) is 16.1. The maximum absolute atomic E-state index is 5.85. The third-order valence-corrected chi connectivity index (χ3v) is 4.64. The van der Waals surface area contributed by atoms with Crippen LogP contribution in [0.15, 0.2) is 42.7 Å². The fraction of sp³-hybridized carbons (Fsp3) is 0.444. The molecule has 1 aliphatic heterocycles. The van der Waals surface area contributed by atoms with Gasteiger partial charge in [-0.15, -0.1) is 0 Å². The summed E-state index contributed by atoms with van der Waals surface area (Å²) < 4.78 is 5.78. The molecule has 1 aromatic carbocycles. The molecule has 0 saturated carbocycles. The summed E-state index contributed by atoms with van der Waals surface area (Å²) in [6, 6.07) is 10.4. The van der Waals surface area contributed by atoms with Crippen LogP contribution in [-0.4, -0.2) is 54.2 Å². The van der Waals surface area contributed by atoms with Crippen LogP contribution in [0, 0.1) is 0 Å². The highest BCUT2D eigenvalue weighted by molar-refractivity contribution is 6.30. The van der Waals surface area contributed by atoms with E-state index >= 15 is 0 Å². The molecule has 0 bridgehead atoms. The molecule has 0 unspecified atom stereocenters. The number of aromatic nitrogens is 2. The fourth-order valence-corrected chi connectivity index (χ4v) is 3.09. The van der Waals surface area contributed by atoms with Gasteiger partial charge in [0.1, 0.15) is 12.4 Å². The third kappa shape index (κ3) is 4.58. The first kappa shape index (κ1) is 17.0. The van der Waals surface area contributed by atoms with Gasteiger partial charge in [0.2, 0.25) is 5.95 Å². The van der Waals surface area contributed by atoms with Gasteiger partial charge >= 0.3 is 0 Å². The van der Waals surface area contributed by atoms with Crippen molar-refractivity contribution >= 4 is 17.5 Å². The van der Waals surface area contributed by atoms with Crippen LogP contribution >= 0.6 is 11.6 Å². The van der Waals surface area contributed by atoms with Crippen LogP contribution in [-0.2, 0) is 0 Å². The van der Waals surface area contributed by atoms with E-state index in [2.05, 4.69) is 26.8 Å². The molecule has 1 aromatic heterocycles. The first-order valence-electron chi connectivity index (χ1n) is 8.33. The van der Waals surface area contributed by atoms with Gasteiger partial charge in [0.05, 0.1) is 17.4 Å². The van der Waals surface area contributed by atoms with Gasteiger partial charge in [0.25, 0.3) is 0 Å². The van der Waals surface area contributed by atoms with E-state index in [0.717, 1.165) is 50.8 Å². The predicted octanol–water partition coefficient (Wildman–Crippen LogP) is 3.11. The number of likely N-dealkylation sites (tertiary alicyclic amines) is 1. The predicted molar refractivity (Wildman–Crippen MR) is 96.8 cm³/mol. The van der Waals surface area contributed by atoms with Crippen molar-refractivity contribution in [3.63, 3.8) is 0 Å². The lowest BCUT2D eigenvalue weighted by molar-refractivity contribution is 0.172. The maximum atomic E-state index is 5.85. The zero-order valence-corrected chi connectivity index (χ0v) is 14.7. The van der Waals surface area contributed by atoms with E-state index in [1.54, 1.807) is 12.4 Å². The van der Waals surface area contributed by atoms with Gasteiger partial charge < -0.3 is 9.64 Å². The van der Waals surface area contributed by atoms with Crippen molar-refractivity contribution in [3.05, 3.63) is 47.7 Å². The van der Waals surface area contributed by atoms with E-state index < -0.39 is 0 Å². The molecule has 128 valence electrons. The number of halogens is 1. The highest BCUT2D eigenvalue weighted by atomic mass is 35.5. The van der Waals surface area contributed by atoms with Crippen molar-refractivity contribution in [1.29, 1.82) is 0 Å².